The SMILES string of the molecule is O=C1CCC(=O)N1c1ncc[nH]1. The highest BCUT2D eigenvalue weighted by molar-refractivity contribution is 6.18. The monoisotopic (exact) mass is 165 g/mol. The average Bonchev–Trinajstić information content (AvgIpc) is 2.61. The summed E-state index contributed by atoms with van der Waals surface area (Å²) in [4.78, 5) is 29.9. The van der Waals surface area contributed by atoms with Crippen LogP contribution in [-0.4, -0.2) is 21.8 Å². The molecule has 1 N–H and O–H groups in total. The molecule has 2 heterocycles. The second-order valence-corrected chi connectivity index (χ2v) is 2.54. The number of aromatic nitrogens is 2. The molecule has 1 aromatic rings. The molecular weight excluding hydrogens is 158 g/mol. The maximum Gasteiger partial charge on any atom is 0.236 e. The highest BCUT2D eigenvalue weighted by Crippen LogP contribution is 2.17. The number of H-pyrrole nitrogens is 1. The molecule has 0 bridgehead atoms. The Labute approximate surface area is 68.4 Å². The molecule has 1 aliphatic heterocycles. The lowest BCUT2D eigenvalue weighted by atomic mass is 10.4. The van der Waals surface area contributed by atoms with Crippen LogP contribution in [-0.2, 0) is 9.59 Å². The number of imidazole rings is 1. The van der Waals surface area contributed by atoms with Crippen LogP contribution in [0.5, 0.6) is 0 Å². The van der Waals surface area contributed by atoms with Gasteiger partial charge in [-0.05, 0) is 0 Å². The summed E-state index contributed by atoms with van der Waals surface area (Å²) in [6.07, 6.45) is 3.67. The van der Waals surface area contributed by atoms with Gasteiger partial charge in [-0.15, -0.1) is 0 Å². The zero-order chi connectivity index (χ0) is 8.55. The lowest BCUT2D eigenvalue weighted by Gasteiger charge is -2.08. The highest BCUT2D eigenvalue weighted by atomic mass is 16.2. The van der Waals surface area contributed by atoms with Gasteiger partial charge in [0.15, 0.2) is 0 Å². The van der Waals surface area contributed by atoms with Gasteiger partial charge in [0.1, 0.15) is 0 Å². The van der Waals surface area contributed by atoms with Crippen molar-refractivity contribution in [1.29, 1.82) is 0 Å². The van der Waals surface area contributed by atoms with E-state index in [0.717, 1.165) is 4.90 Å². The van der Waals surface area contributed by atoms with Crippen molar-refractivity contribution >= 4 is 17.8 Å². The third-order valence-corrected chi connectivity index (χ3v) is 1.75. The number of hydrogen-bond acceptors (Lipinski definition) is 3. The molecule has 5 nitrogen and oxygen atoms in total. The van der Waals surface area contributed by atoms with E-state index >= 15 is 0 Å². The van der Waals surface area contributed by atoms with Crippen LogP contribution >= 0.6 is 0 Å². The van der Waals surface area contributed by atoms with E-state index in [0.29, 0.717) is 18.8 Å². The Morgan fingerprint density at radius 1 is 1.33 bits per heavy atom. The van der Waals surface area contributed by atoms with Crippen LogP contribution in [0.4, 0.5) is 5.95 Å². The van der Waals surface area contributed by atoms with E-state index in [2.05, 4.69) is 9.97 Å². The number of anilines is 1. The maximum absolute atomic E-state index is 11.1. The van der Waals surface area contributed by atoms with Crippen molar-refractivity contribution in [3.8, 4) is 0 Å². The maximum atomic E-state index is 11.1. The molecule has 0 radical (unpaired) electrons. The van der Waals surface area contributed by atoms with Gasteiger partial charge in [-0.3, -0.25) is 9.59 Å². The van der Waals surface area contributed by atoms with Gasteiger partial charge >= 0.3 is 0 Å². The molecule has 12 heavy (non-hydrogen) atoms. The molecule has 2 amide bonds. The number of nitrogens with zero attached hydrogens (tertiary/aromatic N) is 2. The minimum atomic E-state index is -0.185. The van der Waals surface area contributed by atoms with Gasteiger partial charge in [-0.2, -0.15) is 0 Å². The minimum absolute atomic E-state index is 0.185. The molecule has 0 atom stereocenters. The lowest BCUT2D eigenvalue weighted by Crippen LogP contribution is -2.29. The van der Waals surface area contributed by atoms with Gasteiger partial charge in [0.2, 0.25) is 17.8 Å². The van der Waals surface area contributed by atoms with Crippen molar-refractivity contribution in [2.45, 2.75) is 12.8 Å². The fourth-order valence-corrected chi connectivity index (χ4v) is 1.19. The van der Waals surface area contributed by atoms with Crippen LogP contribution in [0.25, 0.3) is 0 Å². The second kappa shape index (κ2) is 2.44. The number of nitrogens with one attached hydrogen (secondary N) is 1. The number of amides is 2. The number of rotatable bonds is 1. The van der Waals surface area contributed by atoms with Crippen molar-refractivity contribution in [3.63, 3.8) is 0 Å². The first kappa shape index (κ1) is 7.02. The van der Waals surface area contributed by atoms with E-state index < -0.39 is 0 Å². The predicted octanol–water partition coefficient (Wildman–Crippen LogP) is 0.0631. The zero-order valence-electron chi connectivity index (χ0n) is 6.28. The average molecular weight is 165 g/mol. The molecule has 0 unspecified atom stereocenters. The molecule has 1 aliphatic rings. The minimum Gasteiger partial charge on any atom is -0.330 e. The van der Waals surface area contributed by atoms with Crippen LogP contribution < -0.4 is 4.90 Å². The molecular formula is C7H7N3O2. The third-order valence-electron chi connectivity index (χ3n) is 1.75. The molecule has 0 saturated carbocycles. The summed E-state index contributed by atoms with van der Waals surface area (Å²) >= 11 is 0. The normalized spacial score (nSPS) is 17.5. The van der Waals surface area contributed by atoms with Crippen LogP contribution in [0.1, 0.15) is 12.8 Å². The Morgan fingerprint density at radius 3 is 2.50 bits per heavy atom. The fourth-order valence-electron chi connectivity index (χ4n) is 1.19. The van der Waals surface area contributed by atoms with E-state index in [1.807, 2.05) is 0 Å². The van der Waals surface area contributed by atoms with E-state index in [4.69, 9.17) is 0 Å². The Hall–Kier alpha value is -1.65. The van der Waals surface area contributed by atoms with Crippen molar-refractivity contribution in [1.82, 2.24) is 9.97 Å². The first-order chi connectivity index (χ1) is 5.79. The fraction of sp³-hybridized carbons (Fsp3) is 0.286. The van der Waals surface area contributed by atoms with Crippen LogP contribution in [0.2, 0.25) is 0 Å². The van der Waals surface area contributed by atoms with Crippen molar-refractivity contribution in [3.05, 3.63) is 12.4 Å². The highest BCUT2D eigenvalue weighted by Gasteiger charge is 2.31. The predicted molar refractivity (Wildman–Crippen MR) is 40.3 cm³/mol. The van der Waals surface area contributed by atoms with Crippen molar-refractivity contribution in [2.75, 3.05) is 4.90 Å². The summed E-state index contributed by atoms with van der Waals surface area (Å²) in [5.74, 6) is -0.0487. The number of hydrogen-bond donors (Lipinski definition) is 1. The number of carbonyl (C=O) groups excluding carboxylic acids is 2. The molecule has 0 aromatic carbocycles. The molecule has 1 fully saturated rings. The second-order valence-electron chi connectivity index (χ2n) is 2.54. The Morgan fingerprint density at radius 2 is 2.00 bits per heavy atom. The van der Waals surface area contributed by atoms with Crippen LogP contribution in [0.15, 0.2) is 12.4 Å². The Balaban J connectivity index is 2.34. The molecule has 1 saturated heterocycles. The van der Waals surface area contributed by atoms with Gasteiger partial charge < -0.3 is 4.98 Å². The molecule has 2 rings (SSSR count). The number of imide groups is 1. The molecule has 62 valence electrons. The summed E-state index contributed by atoms with van der Waals surface area (Å²) in [7, 11) is 0. The largest absolute Gasteiger partial charge is 0.330 e. The van der Waals surface area contributed by atoms with E-state index in [9.17, 15) is 9.59 Å². The summed E-state index contributed by atoms with van der Waals surface area (Å²) < 4.78 is 0. The molecule has 0 aliphatic carbocycles. The Bertz CT molecular complexity index is 301. The van der Waals surface area contributed by atoms with Crippen LogP contribution in [0, 0.1) is 0 Å². The summed E-state index contributed by atoms with van der Waals surface area (Å²) in [5.41, 5.74) is 0. The van der Waals surface area contributed by atoms with Gasteiger partial charge in [0.25, 0.3) is 0 Å². The van der Waals surface area contributed by atoms with Crippen molar-refractivity contribution < 1.29 is 9.59 Å². The van der Waals surface area contributed by atoms with Gasteiger partial charge in [-0.25, -0.2) is 9.88 Å². The zero-order valence-corrected chi connectivity index (χ0v) is 6.28. The van der Waals surface area contributed by atoms with Crippen molar-refractivity contribution in [2.24, 2.45) is 0 Å². The summed E-state index contributed by atoms with van der Waals surface area (Å²) in [6.45, 7) is 0. The third kappa shape index (κ3) is 0.903. The first-order valence-corrected chi connectivity index (χ1v) is 3.64. The van der Waals surface area contributed by atoms with E-state index in [-0.39, 0.29) is 11.8 Å². The molecule has 5 heteroatoms. The lowest BCUT2D eigenvalue weighted by molar-refractivity contribution is -0.121. The van der Waals surface area contributed by atoms with Gasteiger partial charge in [-0.1, -0.05) is 0 Å². The first-order valence-electron chi connectivity index (χ1n) is 3.64. The quantitative estimate of drug-likeness (QED) is 0.598. The number of carbonyl (C=O) groups is 2. The number of aromatic amines is 1. The van der Waals surface area contributed by atoms with Gasteiger partial charge in [0, 0.05) is 25.2 Å². The topological polar surface area (TPSA) is 66.1 Å². The van der Waals surface area contributed by atoms with Crippen LogP contribution in [0.3, 0.4) is 0 Å². The van der Waals surface area contributed by atoms with E-state index in [1.165, 1.54) is 6.20 Å². The van der Waals surface area contributed by atoms with E-state index in [1.54, 1.807) is 6.20 Å². The summed E-state index contributed by atoms with van der Waals surface area (Å²) in [6, 6.07) is 0. The summed E-state index contributed by atoms with van der Waals surface area (Å²) in [5, 5.41) is 0. The Kier molecular flexibility index (Phi) is 1.43. The smallest absolute Gasteiger partial charge is 0.236 e. The standard InChI is InChI=1S/C7H7N3O2/c11-5-1-2-6(12)10(5)7-8-3-4-9-7/h3-4H,1-2H2,(H,8,9). The molecule has 0 spiro atoms. The molecule has 1 aromatic heterocycles. The van der Waals surface area contributed by atoms with Gasteiger partial charge in [0.05, 0.1) is 0 Å².